The summed E-state index contributed by atoms with van der Waals surface area (Å²) < 4.78 is 7.81. The van der Waals surface area contributed by atoms with E-state index in [0.29, 0.717) is 24.8 Å². The van der Waals surface area contributed by atoms with Crippen LogP contribution in [0.5, 0.6) is 5.75 Å². The molecule has 1 aliphatic heterocycles. The van der Waals surface area contributed by atoms with Crippen molar-refractivity contribution in [1.82, 2.24) is 19.6 Å². The molecule has 2 aromatic heterocycles. The van der Waals surface area contributed by atoms with E-state index < -0.39 is 0 Å². The number of carbonyl (C=O) groups is 1. The fourth-order valence-electron chi connectivity index (χ4n) is 4.05. The summed E-state index contributed by atoms with van der Waals surface area (Å²) in [5.74, 6) is 0.881. The van der Waals surface area contributed by atoms with Crippen molar-refractivity contribution in [2.45, 2.75) is 13.8 Å². The number of fused-ring (bicyclic) bond motifs is 1. The molecule has 0 saturated carbocycles. The largest absolute Gasteiger partial charge is 0.478 e. The van der Waals surface area contributed by atoms with Crippen molar-refractivity contribution in [2.75, 3.05) is 32.9 Å². The Hall–Kier alpha value is -2.87. The molecule has 6 nitrogen and oxygen atoms in total. The van der Waals surface area contributed by atoms with Gasteiger partial charge >= 0.3 is 0 Å². The van der Waals surface area contributed by atoms with Gasteiger partial charge in [0, 0.05) is 36.6 Å². The van der Waals surface area contributed by atoms with Gasteiger partial charge in [0.05, 0.1) is 16.3 Å². The van der Waals surface area contributed by atoms with Crippen LogP contribution in [0, 0.1) is 13.8 Å². The Kier molecular flexibility index (Phi) is 6.10. The minimum absolute atomic E-state index is 0.0882. The van der Waals surface area contributed by atoms with E-state index in [4.69, 9.17) is 21.4 Å². The number of piperazine rings is 1. The van der Waals surface area contributed by atoms with Crippen LogP contribution in [0.25, 0.3) is 15.9 Å². The molecule has 8 heteroatoms. The van der Waals surface area contributed by atoms with Gasteiger partial charge in [-0.3, -0.25) is 9.69 Å². The van der Waals surface area contributed by atoms with Crippen molar-refractivity contribution in [3.05, 3.63) is 75.8 Å². The lowest BCUT2D eigenvalue weighted by molar-refractivity contribution is 0.0485. The third-order valence-electron chi connectivity index (χ3n) is 5.99. The number of para-hydroxylation sites is 1. The highest BCUT2D eigenvalue weighted by Crippen LogP contribution is 2.32. The molecule has 1 fully saturated rings. The highest BCUT2D eigenvalue weighted by molar-refractivity contribution is 7.20. The van der Waals surface area contributed by atoms with Crippen LogP contribution in [-0.2, 0) is 0 Å². The monoisotopic (exact) mass is 480 g/mol. The molecule has 1 saturated heterocycles. The number of rotatable bonds is 5. The SMILES string of the molecule is Cc1ccccc1-n1nc(C)c2cc(C(=O)N3CCN(COc4ccc(Cl)cc4)CC3)sc21. The van der Waals surface area contributed by atoms with Gasteiger partial charge in [-0.25, -0.2) is 4.68 Å². The summed E-state index contributed by atoms with van der Waals surface area (Å²) in [6.45, 7) is 7.49. The lowest BCUT2D eigenvalue weighted by atomic mass is 10.2. The van der Waals surface area contributed by atoms with Crippen LogP contribution in [0.1, 0.15) is 20.9 Å². The first kappa shape index (κ1) is 21.9. The fraction of sp³-hybridized carbons (Fsp3) is 0.280. The maximum atomic E-state index is 13.3. The van der Waals surface area contributed by atoms with Crippen LogP contribution in [0.15, 0.2) is 54.6 Å². The average molecular weight is 481 g/mol. The molecule has 0 bridgehead atoms. The Bertz CT molecular complexity index is 1290. The Balaban J connectivity index is 1.26. The number of carbonyl (C=O) groups excluding carboxylic acids is 1. The van der Waals surface area contributed by atoms with E-state index in [1.54, 1.807) is 0 Å². The second kappa shape index (κ2) is 9.17. The van der Waals surface area contributed by atoms with Crippen molar-refractivity contribution in [3.63, 3.8) is 0 Å². The molecule has 170 valence electrons. The van der Waals surface area contributed by atoms with Crippen molar-refractivity contribution in [3.8, 4) is 11.4 Å². The van der Waals surface area contributed by atoms with Gasteiger partial charge in [-0.1, -0.05) is 29.8 Å². The van der Waals surface area contributed by atoms with Crippen LogP contribution < -0.4 is 4.74 Å². The number of halogens is 1. The highest BCUT2D eigenvalue weighted by Gasteiger charge is 2.25. The number of nitrogens with zero attached hydrogens (tertiary/aromatic N) is 4. The maximum absolute atomic E-state index is 13.3. The van der Waals surface area contributed by atoms with Crippen molar-refractivity contribution in [1.29, 1.82) is 0 Å². The Labute approximate surface area is 201 Å². The van der Waals surface area contributed by atoms with Gasteiger partial charge in [0.2, 0.25) is 0 Å². The van der Waals surface area contributed by atoms with Gasteiger partial charge in [0.15, 0.2) is 0 Å². The average Bonchev–Trinajstić information content (AvgIpc) is 3.40. The van der Waals surface area contributed by atoms with Crippen molar-refractivity contribution < 1.29 is 9.53 Å². The van der Waals surface area contributed by atoms with E-state index in [9.17, 15) is 4.79 Å². The summed E-state index contributed by atoms with van der Waals surface area (Å²) in [6, 6.07) is 17.5. The fourth-order valence-corrected chi connectivity index (χ4v) is 5.32. The zero-order valence-electron chi connectivity index (χ0n) is 18.6. The third kappa shape index (κ3) is 4.49. The summed E-state index contributed by atoms with van der Waals surface area (Å²) in [4.78, 5) is 19.2. The Morgan fingerprint density at radius 3 is 2.52 bits per heavy atom. The summed E-state index contributed by atoms with van der Waals surface area (Å²) >= 11 is 7.44. The lowest BCUT2D eigenvalue weighted by Crippen LogP contribution is -2.49. The first-order valence-corrected chi connectivity index (χ1v) is 12.1. The number of amides is 1. The summed E-state index contributed by atoms with van der Waals surface area (Å²) in [5, 5.41) is 6.46. The maximum Gasteiger partial charge on any atom is 0.264 e. The van der Waals surface area contributed by atoms with Crippen molar-refractivity contribution >= 4 is 39.1 Å². The van der Waals surface area contributed by atoms with Gasteiger partial charge in [-0.05, 0) is 55.8 Å². The molecule has 1 amide bonds. The first-order chi connectivity index (χ1) is 16.0. The normalized spacial score (nSPS) is 14.7. The molecule has 2 aromatic carbocycles. The Morgan fingerprint density at radius 1 is 1.06 bits per heavy atom. The molecular formula is C25H25ClN4O2S. The number of aryl methyl sites for hydroxylation is 2. The minimum Gasteiger partial charge on any atom is -0.478 e. The predicted octanol–water partition coefficient (Wildman–Crippen LogP) is 5.15. The van der Waals surface area contributed by atoms with Gasteiger partial charge in [0.25, 0.3) is 5.91 Å². The molecule has 0 radical (unpaired) electrons. The number of ether oxygens (including phenoxy) is 1. The highest BCUT2D eigenvalue weighted by atomic mass is 35.5. The number of hydrogen-bond acceptors (Lipinski definition) is 5. The van der Waals surface area contributed by atoms with E-state index in [1.807, 2.05) is 59.0 Å². The summed E-state index contributed by atoms with van der Waals surface area (Å²) in [5.41, 5.74) is 3.14. The second-order valence-electron chi connectivity index (χ2n) is 8.25. The molecule has 0 aliphatic carbocycles. The van der Waals surface area contributed by atoms with E-state index >= 15 is 0 Å². The first-order valence-electron chi connectivity index (χ1n) is 10.9. The molecule has 0 atom stereocenters. The van der Waals surface area contributed by atoms with Crippen LogP contribution in [0.3, 0.4) is 0 Å². The summed E-state index contributed by atoms with van der Waals surface area (Å²) in [7, 11) is 0. The molecule has 5 rings (SSSR count). The topological polar surface area (TPSA) is 50.6 Å². The zero-order chi connectivity index (χ0) is 22.9. The number of thiophene rings is 1. The molecule has 0 spiro atoms. The van der Waals surface area contributed by atoms with E-state index in [2.05, 4.69) is 24.0 Å². The van der Waals surface area contributed by atoms with Gasteiger partial charge in [-0.2, -0.15) is 5.10 Å². The molecule has 33 heavy (non-hydrogen) atoms. The Morgan fingerprint density at radius 2 is 1.79 bits per heavy atom. The zero-order valence-corrected chi connectivity index (χ0v) is 20.2. The molecule has 3 heterocycles. The smallest absolute Gasteiger partial charge is 0.264 e. The van der Waals surface area contributed by atoms with E-state index in [0.717, 1.165) is 50.9 Å². The lowest BCUT2D eigenvalue weighted by Gasteiger charge is -2.34. The molecule has 0 N–H and O–H groups in total. The number of aromatic nitrogens is 2. The van der Waals surface area contributed by atoms with Gasteiger partial charge in [-0.15, -0.1) is 11.3 Å². The second-order valence-corrected chi connectivity index (χ2v) is 9.72. The van der Waals surface area contributed by atoms with E-state index in [-0.39, 0.29) is 5.91 Å². The molecular weight excluding hydrogens is 456 g/mol. The number of hydrogen-bond donors (Lipinski definition) is 0. The third-order valence-corrected chi connectivity index (χ3v) is 7.34. The quantitative estimate of drug-likeness (QED) is 0.396. The van der Waals surface area contributed by atoms with Crippen LogP contribution in [0.4, 0.5) is 0 Å². The van der Waals surface area contributed by atoms with E-state index in [1.165, 1.54) is 11.3 Å². The van der Waals surface area contributed by atoms with Crippen molar-refractivity contribution in [2.24, 2.45) is 0 Å². The molecule has 4 aromatic rings. The van der Waals surface area contributed by atoms with Gasteiger partial charge in [0.1, 0.15) is 17.3 Å². The van der Waals surface area contributed by atoms with Gasteiger partial charge < -0.3 is 9.64 Å². The minimum atomic E-state index is 0.0882. The van der Waals surface area contributed by atoms with Crippen LogP contribution in [-0.4, -0.2) is 58.4 Å². The van der Waals surface area contributed by atoms with Crippen LogP contribution >= 0.6 is 22.9 Å². The van der Waals surface area contributed by atoms with Crippen LogP contribution in [0.2, 0.25) is 5.02 Å². The molecule has 0 unspecified atom stereocenters. The number of benzene rings is 2. The summed E-state index contributed by atoms with van der Waals surface area (Å²) in [6.07, 6.45) is 0. The molecule has 1 aliphatic rings. The predicted molar refractivity (Wildman–Crippen MR) is 133 cm³/mol. The standard InChI is InChI=1S/C25H25ClN4O2S/c1-17-5-3-4-6-22(17)30-25-21(18(2)27-30)15-23(33-25)24(31)29-13-11-28(12-14-29)16-32-20-9-7-19(26)8-10-20/h3-10,15H,11-14,16H2,1-2H3.